The maximum atomic E-state index is 10.8. The summed E-state index contributed by atoms with van der Waals surface area (Å²) in [4.78, 5) is 10.8. The van der Waals surface area contributed by atoms with Gasteiger partial charge in [0.2, 0.25) is 5.91 Å². The lowest BCUT2D eigenvalue weighted by Crippen LogP contribution is -2.19. The first-order chi connectivity index (χ1) is 7.95. The van der Waals surface area contributed by atoms with E-state index in [1.54, 1.807) is 12.1 Å². The fraction of sp³-hybridized carbons (Fsp3) is 0.154. The van der Waals surface area contributed by atoms with Gasteiger partial charge in [-0.1, -0.05) is 25.3 Å². The SMILES string of the molecule is C=Cc1ccc(O)c(O)c1CC(=C)NC(C)=O. The highest BCUT2D eigenvalue weighted by Crippen LogP contribution is 2.33. The molecule has 0 bridgehead atoms. The number of phenolic OH excluding ortho intramolecular Hbond substituents is 2. The molecule has 17 heavy (non-hydrogen) atoms. The van der Waals surface area contributed by atoms with Gasteiger partial charge in [-0.25, -0.2) is 0 Å². The van der Waals surface area contributed by atoms with Crippen LogP contribution in [0.1, 0.15) is 18.1 Å². The Kier molecular flexibility index (Phi) is 3.93. The first-order valence-electron chi connectivity index (χ1n) is 5.07. The number of carbonyl (C=O) groups is 1. The fourth-order valence-corrected chi connectivity index (χ4v) is 1.52. The molecular formula is C13H15NO3. The predicted molar refractivity (Wildman–Crippen MR) is 66.5 cm³/mol. The third-order valence-corrected chi connectivity index (χ3v) is 2.26. The zero-order valence-corrected chi connectivity index (χ0v) is 9.66. The van der Waals surface area contributed by atoms with Crippen LogP contribution in [0.15, 0.2) is 31.0 Å². The Morgan fingerprint density at radius 1 is 1.47 bits per heavy atom. The van der Waals surface area contributed by atoms with Crippen molar-refractivity contribution in [2.45, 2.75) is 13.3 Å². The second-order valence-electron chi connectivity index (χ2n) is 3.67. The molecule has 1 aromatic carbocycles. The van der Waals surface area contributed by atoms with Crippen LogP contribution >= 0.6 is 0 Å². The van der Waals surface area contributed by atoms with E-state index in [2.05, 4.69) is 18.5 Å². The summed E-state index contributed by atoms with van der Waals surface area (Å²) in [5.41, 5.74) is 1.62. The summed E-state index contributed by atoms with van der Waals surface area (Å²) < 4.78 is 0. The van der Waals surface area contributed by atoms with Crippen molar-refractivity contribution in [3.05, 3.63) is 42.1 Å². The number of amides is 1. The molecule has 1 rings (SSSR count). The van der Waals surface area contributed by atoms with E-state index in [0.29, 0.717) is 16.8 Å². The largest absolute Gasteiger partial charge is 0.504 e. The molecule has 0 heterocycles. The molecule has 0 aliphatic heterocycles. The summed E-state index contributed by atoms with van der Waals surface area (Å²) >= 11 is 0. The summed E-state index contributed by atoms with van der Waals surface area (Å²) in [6.45, 7) is 8.68. The van der Waals surface area contributed by atoms with Gasteiger partial charge in [0.1, 0.15) is 0 Å². The van der Waals surface area contributed by atoms with Gasteiger partial charge < -0.3 is 15.5 Å². The van der Waals surface area contributed by atoms with Crippen LogP contribution in [0.5, 0.6) is 11.5 Å². The molecule has 0 unspecified atom stereocenters. The lowest BCUT2D eigenvalue weighted by atomic mass is 10.0. The van der Waals surface area contributed by atoms with Crippen LogP contribution in [-0.4, -0.2) is 16.1 Å². The molecule has 0 saturated heterocycles. The highest BCUT2D eigenvalue weighted by atomic mass is 16.3. The Hall–Kier alpha value is -2.23. The lowest BCUT2D eigenvalue weighted by Gasteiger charge is -2.12. The number of carbonyl (C=O) groups excluding carboxylic acids is 1. The molecule has 0 fully saturated rings. The number of hydrogen-bond donors (Lipinski definition) is 3. The third-order valence-electron chi connectivity index (χ3n) is 2.26. The van der Waals surface area contributed by atoms with Gasteiger partial charge in [-0.2, -0.15) is 0 Å². The number of nitrogens with one attached hydrogen (secondary N) is 1. The molecular weight excluding hydrogens is 218 g/mol. The molecule has 0 saturated carbocycles. The molecule has 1 aromatic rings. The Morgan fingerprint density at radius 2 is 2.12 bits per heavy atom. The van der Waals surface area contributed by atoms with E-state index in [-0.39, 0.29) is 23.8 Å². The van der Waals surface area contributed by atoms with Crippen molar-refractivity contribution in [3.63, 3.8) is 0 Å². The average molecular weight is 233 g/mol. The number of phenols is 2. The van der Waals surface area contributed by atoms with Gasteiger partial charge >= 0.3 is 0 Å². The quantitative estimate of drug-likeness (QED) is 0.696. The Balaban J connectivity index is 3.04. The molecule has 1 amide bonds. The van der Waals surface area contributed by atoms with Gasteiger partial charge in [0.05, 0.1) is 0 Å². The van der Waals surface area contributed by atoms with Crippen LogP contribution in [0.25, 0.3) is 6.08 Å². The van der Waals surface area contributed by atoms with Crippen LogP contribution in [0.2, 0.25) is 0 Å². The average Bonchev–Trinajstić information content (AvgIpc) is 2.24. The smallest absolute Gasteiger partial charge is 0.220 e. The molecule has 90 valence electrons. The zero-order chi connectivity index (χ0) is 13.0. The van der Waals surface area contributed by atoms with Gasteiger partial charge in [0.25, 0.3) is 0 Å². The lowest BCUT2D eigenvalue weighted by molar-refractivity contribution is -0.118. The first-order valence-corrected chi connectivity index (χ1v) is 5.07. The van der Waals surface area contributed by atoms with Crippen molar-refractivity contribution >= 4 is 12.0 Å². The molecule has 0 aliphatic rings. The van der Waals surface area contributed by atoms with Crippen LogP contribution in [0, 0.1) is 0 Å². The minimum atomic E-state index is -0.227. The number of rotatable bonds is 4. The molecule has 0 spiro atoms. The van der Waals surface area contributed by atoms with Crippen molar-refractivity contribution in [2.75, 3.05) is 0 Å². The van der Waals surface area contributed by atoms with Crippen molar-refractivity contribution in [1.29, 1.82) is 0 Å². The van der Waals surface area contributed by atoms with Crippen molar-refractivity contribution < 1.29 is 15.0 Å². The fourth-order valence-electron chi connectivity index (χ4n) is 1.52. The Bertz CT molecular complexity index is 478. The van der Waals surface area contributed by atoms with Crippen LogP contribution in [0.3, 0.4) is 0 Å². The van der Waals surface area contributed by atoms with Gasteiger partial charge in [0.15, 0.2) is 11.5 Å². The Labute approximate surface area is 99.9 Å². The second kappa shape index (κ2) is 5.21. The minimum Gasteiger partial charge on any atom is -0.504 e. The maximum Gasteiger partial charge on any atom is 0.220 e. The van der Waals surface area contributed by atoms with Crippen LogP contribution < -0.4 is 5.32 Å². The molecule has 0 aliphatic carbocycles. The normalized spacial score (nSPS) is 9.71. The predicted octanol–water partition coefficient (Wildman–Crippen LogP) is 1.93. The first kappa shape index (κ1) is 12.8. The van der Waals surface area contributed by atoms with E-state index in [9.17, 15) is 15.0 Å². The number of hydrogen-bond acceptors (Lipinski definition) is 3. The van der Waals surface area contributed by atoms with E-state index in [1.165, 1.54) is 13.0 Å². The molecule has 0 atom stereocenters. The summed E-state index contributed by atoms with van der Waals surface area (Å²) in [6, 6.07) is 3.02. The van der Waals surface area contributed by atoms with Gasteiger partial charge in [-0.15, -0.1) is 0 Å². The van der Waals surface area contributed by atoms with E-state index in [1.807, 2.05) is 0 Å². The van der Waals surface area contributed by atoms with E-state index >= 15 is 0 Å². The van der Waals surface area contributed by atoms with Gasteiger partial charge in [0, 0.05) is 24.6 Å². The molecule has 3 N–H and O–H groups in total. The monoisotopic (exact) mass is 233 g/mol. The van der Waals surface area contributed by atoms with E-state index in [0.717, 1.165) is 0 Å². The van der Waals surface area contributed by atoms with Gasteiger partial charge in [-0.3, -0.25) is 4.79 Å². The number of benzene rings is 1. The molecule has 4 heteroatoms. The number of allylic oxidation sites excluding steroid dienone is 1. The highest BCUT2D eigenvalue weighted by Gasteiger charge is 2.12. The zero-order valence-electron chi connectivity index (χ0n) is 9.66. The molecule has 0 radical (unpaired) electrons. The summed E-state index contributed by atoms with van der Waals surface area (Å²) in [6.07, 6.45) is 1.80. The van der Waals surface area contributed by atoms with Gasteiger partial charge in [-0.05, 0) is 11.6 Å². The molecule has 0 aromatic heterocycles. The highest BCUT2D eigenvalue weighted by molar-refractivity contribution is 5.75. The van der Waals surface area contributed by atoms with E-state index in [4.69, 9.17) is 0 Å². The van der Waals surface area contributed by atoms with E-state index < -0.39 is 0 Å². The molecule has 4 nitrogen and oxygen atoms in total. The Morgan fingerprint density at radius 3 is 2.65 bits per heavy atom. The maximum absolute atomic E-state index is 10.8. The summed E-state index contributed by atoms with van der Waals surface area (Å²) in [5, 5.41) is 21.7. The third kappa shape index (κ3) is 3.11. The van der Waals surface area contributed by atoms with Crippen LogP contribution in [0.4, 0.5) is 0 Å². The number of aromatic hydroxyl groups is 2. The summed E-state index contributed by atoms with van der Waals surface area (Å²) in [5.74, 6) is -0.648. The topological polar surface area (TPSA) is 69.6 Å². The minimum absolute atomic E-state index is 0.207. The summed E-state index contributed by atoms with van der Waals surface area (Å²) in [7, 11) is 0. The van der Waals surface area contributed by atoms with Crippen molar-refractivity contribution in [2.24, 2.45) is 0 Å². The van der Waals surface area contributed by atoms with Crippen LogP contribution in [-0.2, 0) is 11.2 Å². The second-order valence-corrected chi connectivity index (χ2v) is 3.67. The van der Waals surface area contributed by atoms with Crippen molar-refractivity contribution in [3.8, 4) is 11.5 Å². The van der Waals surface area contributed by atoms with Crippen molar-refractivity contribution in [1.82, 2.24) is 5.32 Å². The standard InChI is InChI=1S/C13H15NO3/c1-4-10-5-6-12(16)13(17)11(10)7-8(2)14-9(3)15/h4-6,16-17H,1-2,7H2,3H3,(H,14,15).